The van der Waals surface area contributed by atoms with Crippen molar-refractivity contribution in [1.29, 1.82) is 5.26 Å². The summed E-state index contributed by atoms with van der Waals surface area (Å²) in [5, 5.41) is 17.9. The fourth-order valence-electron chi connectivity index (χ4n) is 4.01. The van der Waals surface area contributed by atoms with Crippen LogP contribution in [0.4, 0.5) is 18.2 Å². The van der Waals surface area contributed by atoms with Crippen LogP contribution in [-0.4, -0.2) is 20.5 Å². The third kappa shape index (κ3) is 3.85. The molecule has 4 aromatic rings. The quantitative estimate of drug-likeness (QED) is 0.336. The molecule has 34 heavy (non-hydrogen) atoms. The number of fused-ring (bicyclic) bond motifs is 2. The summed E-state index contributed by atoms with van der Waals surface area (Å²) in [6, 6.07) is 6.37. The summed E-state index contributed by atoms with van der Waals surface area (Å²) >= 11 is 8.87. The lowest BCUT2D eigenvalue weighted by molar-refractivity contribution is -0.142. The number of rotatable bonds is 3. The van der Waals surface area contributed by atoms with Gasteiger partial charge in [0.1, 0.15) is 16.1 Å². The second kappa shape index (κ2) is 8.37. The molecule has 0 saturated heterocycles. The Bertz CT molecular complexity index is 1470. The molecule has 0 fully saturated rings. The minimum atomic E-state index is -4.76. The summed E-state index contributed by atoms with van der Waals surface area (Å²) in [7, 11) is 0. The number of aromatic nitrogens is 3. The van der Waals surface area contributed by atoms with E-state index in [-0.39, 0.29) is 16.4 Å². The highest BCUT2D eigenvalue weighted by atomic mass is 35.5. The van der Waals surface area contributed by atoms with Gasteiger partial charge in [-0.25, -0.2) is 9.50 Å². The van der Waals surface area contributed by atoms with Crippen LogP contribution in [0.25, 0.3) is 16.2 Å². The molecule has 0 radical (unpaired) electrons. The van der Waals surface area contributed by atoms with Gasteiger partial charge in [0, 0.05) is 4.88 Å². The van der Waals surface area contributed by atoms with Gasteiger partial charge in [-0.2, -0.15) is 23.5 Å². The number of carbonyl (C=O) groups excluding carboxylic acids is 1. The van der Waals surface area contributed by atoms with Crippen LogP contribution in [0.5, 0.6) is 0 Å². The first kappa shape index (κ1) is 22.8. The smallest absolute Gasteiger partial charge is 0.311 e. The number of nitrogens with one attached hydrogen (secondary N) is 1. The van der Waals surface area contributed by atoms with E-state index in [1.807, 2.05) is 0 Å². The van der Waals surface area contributed by atoms with Gasteiger partial charge in [-0.3, -0.25) is 4.79 Å². The Morgan fingerprint density at radius 3 is 2.88 bits per heavy atom. The molecular weight excluding hydrogens is 507 g/mol. The maximum Gasteiger partial charge on any atom is 0.433 e. The predicted octanol–water partition coefficient (Wildman–Crippen LogP) is 6.44. The van der Waals surface area contributed by atoms with Crippen LogP contribution < -0.4 is 5.32 Å². The lowest BCUT2D eigenvalue weighted by atomic mass is 9.89. The van der Waals surface area contributed by atoms with Gasteiger partial charge in [0.15, 0.2) is 17.0 Å². The molecule has 0 aliphatic heterocycles. The first-order valence-corrected chi connectivity index (χ1v) is 12.3. The van der Waals surface area contributed by atoms with Crippen molar-refractivity contribution in [2.45, 2.75) is 32.4 Å². The van der Waals surface area contributed by atoms with Crippen molar-refractivity contribution in [2.24, 2.45) is 5.92 Å². The fraction of sp³-hybridized carbons (Fsp3) is 0.273. The van der Waals surface area contributed by atoms with E-state index in [9.17, 15) is 23.2 Å². The average Bonchev–Trinajstić information content (AvgIpc) is 3.50. The molecule has 0 spiro atoms. The van der Waals surface area contributed by atoms with Crippen LogP contribution in [-0.2, 0) is 19.0 Å². The van der Waals surface area contributed by atoms with Gasteiger partial charge in [0.2, 0.25) is 0 Å². The molecule has 5 rings (SSSR count). The second-order valence-electron chi connectivity index (χ2n) is 8.02. The van der Waals surface area contributed by atoms with Crippen LogP contribution in [0.3, 0.4) is 0 Å². The summed E-state index contributed by atoms with van der Waals surface area (Å²) in [5.74, 6) is -0.331. The van der Waals surface area contributed by atoms with Crippen molar-refractivity contribution in [2.75, 3.05) is 5.32 Å². The first-order valence-electron chi connectivity index (χ1n) is 10.2. The maximum atomic E-state index is 13.8. The molecule has 0 bridgehead atoms. The number of hydrogen-bond acceptors (Lipinski definition) is 6. The Hall–Kier alpha value is -2.94. The summed E-state index contributed by atoms with van der Waals surface area (Å²) < 4.78 is 42.0. The van der Waals surface area contributed by atoms with Crippen molar-refractivity contribution < 1.29 is 18.0 Å². The van der Waals surface area contributed by atoms with E-state index in [0.29, 0.717) is 25.9 Å². The summed E-state index contributed by atoms with van der Waals surface area (Å²) in [5.41, 5.74) is -0.384. The number of carbonyl (C=O) groups is 1. The van der Waals surface area contributed by atoms with Crippen LogP contribution in [0.2, 0.25) is 5.02 Å². The molecule has 1 aliphatic carbocycles. The summed E-state index contributed by atoms with van der Waals surface area (Å²) in [4.78, 5) is 18.8. The molecular formula is C22H15ClF3N5OS2. The number of thiophene rings is 2. The van der Waals surface area contributed by atoms with E-state index in [4.69, 9.17) is 11.6 Å². The lowest BCUT2D eigenvalue weighted by Gasteiger charge is -2.17. The molecule has 0 saturated carbocycles. The SMILES string of the molecule is CC1CCc2c(sc(NC(=O)c3nn4c(C(F)(F)F)cc(-c5cccs5)nc4c3Cl)c2C#N)C1. The van der Waals surface area contributed by atoms with Crippen molar-refractivity contribution >= 4 is 50.8 Å². The Morgan fingerprint density at radius 1 is 1.41 bits per heavy atom. The molecule has 4 heterocycles. The van der Waals surface area contributed by atoms with E-state index in [1.165, 1.54) is 22.7 Å². The highest BCUT2D eigenvalue weighted by molar-refractivity contribution is 7.16. The minimum absolute atomic E-state index is 0.0791. The Labute approximate surface area is 204 Å². The van der Waals surface area contributed by atoms with E-state index in [2.05, 4.69) is 28.4 Å². The highest BCUT2D eigenvalue weighted by Gasteiger charge is 2.37. The first-order chi connectivity index (χ1) is 16.2. The van der Waals surface area contributed by atoms with Crippen LogP contribution in [0, 0.1) is 17.2 Å². The van der Waals surface area contributed by atoms with Crippen molar-refractivity contribution in [1.82, 2.24) is 14.6 Å². The van der Waals surface area contributed by atoms with Crippen molar-refractivity contribution in [3.63, 3.8) is 0 Å². The molecule has 6 nitrogen and oxygen atoms in total. The van der Waals surface area contributed by atoms with Crippen LogP contribution >= 0.6 is 34.3 Å². The number of nitriles is 1. The molecule has 1 unspecified atom stereocenters. The van der Waals surface area contributed by atoms with Gasteiger partial charge in [0.05, 0.1) is 16.1 Å². The van der Waals surface area contributed by atoms with Gasteiger partial charge in [0.25, 0.3) is 5.91 Å². The molecule has 174 valence electrons. The van der Waals surface area contributed by atoms with E-state index < -0.39 is 23.5 Å². The third-order valence-corrected chi connectivity index (χ3v) is 8.07. The summed E-state index contributed by atoms with van der Waals surface area (Å²) in [6.07, 6.45) is -2.26. The van der Waals surface area contributed by atoms with Gasteiger partial charge in [-0.15, -0.1) is 22.7 Å². The predicted molar refractivity (Wildman–Crippen MR) is 124 cm³/mol. The van der Waals surface area contributed by atoms with Gasteiger partial charge in [-0.1, -0.05) is 24.6 Å². The monoisotopic (exact) mass is 521 g/mol. The summed E-state index contributed by atoms with van der Waals surface area (Å²) in [6.45, 7) is 2.12. The molecule has 12 heteroatoms. The molecule has 1 atom stereocenters. The zero-order valence-corrected chi connectivity index (χ0v) is 19.9. The lowest BCUT2D eigenvalue weighted by Crippen LogP contribution is -2.15. The van der Waals surface area contributed by atoms with E-state index in [1.54, 1.807) is 17.5 Å². The van der Waals surface area contributed by atoms with Gasteiger partial charge in [-0.05, 0) is 48.3 Å². The molecule has 1 aliphatic rings. The van der Waals surface area contributed by atoms with E-state index in [0.717, 1.165) is 35.8 Å². The van der Waals surface area contributed by atoms with Gasteiger partial charge >= 0.3 is 6.18 Å². The zero-order valence-electron chi connectivity index (χ0n) is 17.5. The topological polar surface area (TPSA) is 83.1 Å². The molecule has 1 amide bonds. The third-order valence-electron chi connectivity index (χ3n) is 5.66. The average molecular weight is 522 g/mol. The number of alkyl halides is 3. The highest BCUT2D eigenvalue weighted by Crippen LogP contribution is 2.40. The van der Waals surface area contributed by atoms with Crippen molar-refractivity contribution in [3.05, 3.63) is 56.0 Å². The maximum absolute atomic E-state index is 13.8. The number of amides is 1. The zero-order chi connectivity index (χ0) is 24.2. The van der Waals surface area contributed by atoms with Crippen LogP contribution in [0.1, 0.15) is 45.5 Å². The van der Waals surface area contributed by atoms with Crippen LogP contribution in [0.15, 0.2) is 23.6 Å². The number of hydrogen-bond donors (Lipinski definition) is 1. The Kier molecular flexibility index (Phi) is 5.62. The second-order valence-corrected chi connectivity index (χ2v) is 10.5. The Morgan fingerprint density at radius 2 is 2.21 bits per heavy atom. The molecule has 4 aromatic heterocycles. The Balaban J connectivity index is 1.58. The fourth-order valence-corrected chi connectivity index (χ4v) is 6.30. The normalized spacial score (nSPS) is 15.8. The number of anilines is 1. The molecule has 0 aromatic carbocycles. The van der Waals surface area contributed by atoms with E-state index >= 15 is 0 Å². The molecule has 1 N–H and O–H groups in total. The number of halogens is 4. The minimum Gasteiger partial charge on any atom is -0.311 e. The van der Waals surface area contributed by atoms with Gasteiger partial charge < -0.3 is 5.32 Å². The number of nitrogens with zero attached hydrogens (tertiary/aromatic N) is 4. The standard InChI is InChI=1S/C22H15ClF3N5OS2/c1-10-4-5-11-12(9-27)21(34-15(11)7-10)29-20(32)18-17(23)19-28-13(14-3-2-6-33-14)8-16(22(24,25)26)31(19)30-18/h2-3,6,8,10H,4-5,7H2,1H3,(H,29,32). The largest absolute Gasteiger partial charge is 0.433 e. The van der Waals surface area contributed by atoms with Crippen molar-refractivity contribution in [3.8, 4) is 16.6 Å².